The number of aryl methyl sites for hydroxylation is 1. The van der Waals surface area contributed by atoms with E-state index in [0.29, 0.717) is 15.1 Å². The molecule has 0 spiro atoms. The predicted molar refractivity (Wildman–Crippen MR) is 140 cm³/mol. The number of carbonyl (C=O) groups is 1. The van der Waals surface area contributed by atoms with Gasteiger partial charge in [0, 0.05) is 24.3 Å². The lowest BCUT2D eigenvalue weighted by atomic mass is 9.94. The molecule has 1 aromatic carbocycles. The number of methoxy groups -OCH3 is 1. The molecule has 1 aromatic heterocycles. The average Bonchev–Trinajstić information content (AvgIpc) is 3.62. The topological polar surface area (TPSA) is 62.9 Å². The first kappa shape index (κ1) is 23.6. The molecule has 1 aliphatic heterocycles. The molecule has 2 heterocycles. The van der Waals surface area contributed by atoms with E-state index in [2.05, 4.69) is 6.07 Å². The average molecular weight is 498 g/mol. The second-order valence-corrected chi connectivity index (χ2v) is 11.2. The summed E-state index contributed by atoms with van der Waals surface area (Å²) in [6.45, 7) is 0.207. The van der Waals surface area contributed by atoms with Crippen LogP contribution in [0.4, 0.5) is 0 Å². The standard InChI is InChI=1S/C27H31NO4S2/c1-31-21-8-5-7-19(14-21)23-15-20(6-3-2-4-11-29)24(32-23)16-25-26(30)28(27(33)34-25)22-13-17-9-10-18(22)12-17/h5,7-8,14-18,22,29H,2-4,6,9-13H2,1H3/b25-16-. The van der Waals surface area contributed by atoms with Gasteiger partial charge in [-0.2, -0.15) is 0 Å². The number of carbonyl (C=O) groups excluding carboxylic acids is 1. The van der Waals surface area contributed by atoms with E-state index >= 15 is 0 Å². The molecule has 1 N–H and O–H groups in total. The number of furan rings is 1. The molecule has 2 aromatic rings. The van der Waals surface area contributed by atoms with Crippen molar-refractivity contribution < 1.29 is 19.1 Å². The van der Waals surface area contributed by atoms with Gasteiger partial charge in [-0.3, -0.25) is 9.69 Å². The fraction of sp³-hybridized carbons (Fsp3) is 0.481. The maximum atomic E-state index is 13.4. The summed E-state index contributed by atoms with van der Waals surface area (Å²) in [6, 6.07) is 10.1. The van der Waals surface area contributed by atoms with Crippen LogP contribution < -0.4 is 4.74 Å². The highest BCUT2D eigenvalue weighted by Crippen LogP contribution is 2.49. The first-order valence-corrected chi connectivity index (χ1v) is 13.4. The van der Waals surface area contributed by atoms with E-state index in [1.807, 2.05) is 35.2 Å². The van der Waals surface area contributed by atoms with Crippen LogP contribution in [0.25, 0.3) is 17.4 Å². The summed E-state index contributed by atoms with van der Waals surface area (Å²) in [6.07, 6.45) is 10.2. The third-order valence-corrected chi connectivity index (χ3v) is 8.75. The number of ether oxygens (including phenoxy) is 1. The van der Waals surface area contributed by atoms with E-state index in [-0.39, 0.29) is 18.6 Å². The van der Waals surface area contributed by atoms with Gasteiger partial charge in [-0.05, 0) is 74.1 Å². The number of nitrogens with zero attached hydrogens (tertiary/aromatic N) is 1. The van der Waals surface area contributed by atoms with Gasteiger partial charge in [-0.25, -0.2) is 0 Å². The number of hydrogen-bond acceptors (Lipinski definition) is 6. The van der Waals surface area contributed by atoms with Crippen molar-refractivity contribution in [2.24, 2.45) is 11.8 Å². The number of aliphatic hydroxyl groups is 1. The second-order valence-electron chi connectivity index (χ2n) is 9.56. The fourth-order valence-corrected chi connectivity index (χ4v) is 7.04. The Balaban J connectivity index is 1.42. The molecule has 0 radical (unpaired) electrons. The monoisotopic (exact) mass is 497 g/mol. The number of thiocarbonyl (C=S) groups is 1. The Morgan fingerprint density at radius 2 is 2.12 bits per heavy atom. The van der Waals surface area contributed by atoms with E-state index in [4.69, 9.17) is 26.5 Å². The molecule has 7 heteroatoms. The molecule has 3 unspecified atom stereocenters. The largest absolute Gasteiger partial charge is 0.497 e. The minimum Gasteiger partial charge on any atom is -0.497 e. The van der Waals surface area contributed by atoms with Gasteiger partial charge in [0.2, 0.25) is 0 Å². The molecule has 5 nitrogen and oxygen atoms in total. The van der Waals surface area contributed by atoms with Gasteiger partial charge in [0.25, 0.3) is 5.91 Å². The van der Waals surface area contributed by atoms with Crippen LogP contribution in [0.5, 0.6) is 5.75 Å². The maximum Gasteiger partial charge on any atom is 0.266 e. The predicted octanol–water partition coefficient (Wildman–Crippen LogP) is 6.05. The van der Waals surface area contributed by atoms with Crippen LogP contribution in [0.2, 0.25) is 0 Å². The van der Waals surface area contributed by atoms with Gasteiger partial charge in [0.15, 0.2) is 0 Å². The normalized spacial score (nSPS) is 25.2. The van der Waals surface area contributed by atoms with E-state index in [9.17, 15) is 4.79 Å². The quantitative estimate of drug-likeness (QED) is 0.258. The third kappa shape index (κ3) is 4.70. The summed E-state index contributed by atoms with van der Waals surface area (Å²) in [5.74, 6) is 3.62. The highest BCUT2D eigenvalue weighted by Gasteiger charge is 2.48. The SMILES string of the molecule is COc1cccc(-c2cc(CCCCCO)c(/C=C3\SC(=S)N(C4CC5CCC4C5)C3=O)o2)c1. The zero-order chi connectivity index (χ0) is 23.7. The highest BCUT2D eigenvalue weighted by atomic mass is 32.2. The third-order valence-electron chi connectivity index (χ3n) is 7.42. The Kier molecular flexibility index (Phi) is 7.14. The molecule has 1 amide bonds. The number of unbranched alkanes of at least 4 members (excludes halogenated alkanes) is 2. The van der Waals surface area contributed by atoms with Crippen LogP contribution in [0, 0.1) is 11.8 Å². The molecule has 180 valence electrons. The van der Waals surface area contributed by atoms with Crippen molar-refractivity contribution >= 4 is 40.3 Å². The maximum absolute atomic E-state index is 13.4. The van der Waals surface area contributed by atoms with Crippen molar-refractivity contribution in [2.75, 3.05) is 13.7 Å². The first-order valence-electron chi connectivity index (χ1n) is 12.2. The molecule has 34 heavy (non-hydrogen) atoms. The lowest BCUT2D eigenvalue weighted by Crippen LogP contribution is -2.41. The fourth-order valence-electron chi connectivity index (χ4n) is 5.70. The molecule has 5 rings (SSSR count). The summed E-state index contributed by atoms with van der Waals surface area (Å²) in [7, 11) is 1.65. The van der Waals surface area contributed by atoms with E-state index in [1.165, 1.54) is 31.0 Å². The van der Waals surface area contributed by atoms with Gasteiger partial charge in [0.05, 0.1) is 12.0 Å². The summed E-state index contributed by atoms with van der Waals surface area (Å²) in [5, 5.41) is 9.12. The van der Waals surface area contributed by atoms with Crippen LogP contribution >= 0.6 is 24.0 Å². The van der Waals surface area contributed by atoms with Gasteiger partial charge < -0.3 is 14.3 Å². The van der Waals surface area contributed by atoms with Crippen LogP contribution in [0.15, 0.2) is 39.7 Å². The van der Waals surface area contributed by atoms with Gasteiger partial charge in [-0.1, -0.05) is 49.0 Å². The Labute approximate surface area is 210 Å². The lowest BCUT2D eigenvalue weighted by Gasteiger charge is -2.30. The molecular weight excluding hydrogens is 466 g/mol. The summed E-state index contributed by atoms with van der Waals surface area (Å²) >= 11 is 7.06. The van der Waals surface area contributed by atoms with Crippen molar-refractivity contribution in [3.63, 3.8) is 0 Å². The number of thioether (sulfide) groups is 1. The number of fused-ring (bicyclic) bond motifs is 2. The van der Waals surface area contributed by atoms with Gasteiger partial charge in [0.1, 0.15) is 21.6 Å². The lowest BCUT2D eigenvalue weighted by molar-refractivity contribution is -0.124. The van der Waals surface area contributed by atoms with Crippen LogP contribution in [-0.4, -0.2) is 40.0 Å². The smallest absolute Gasteiger partial charge is 0.266 e. The molecule has 2 bridgehead atoms. The molecule has 3 atom stereocenters. The highest BCUT2D eigenvalue weighted by molar-refractivity contribution is 8.26. The van der Waals surface area contributed by atoms with Crippen molar-refractivity contribution in [1.82, 2.24) is 4.90 Å². The molecule has 1 saturated heterocycles. The zero-order valence-electron chi connectivity index (χ0n) is 19.5. The Bertz CT molecular complexity index is 1110. The Morgan fingerprint density at radius 3 is 2.85 bits per heavy atom. The first-order chi connectivity index (χ1) is 16.6. The Morgan fingerprint density at radius 1 is 1.24 bits per heavy atom. The van der Waals surface area contributed by atoms with Crippen molar-refractivity contribution in [2.45, 2.75) is 57.4 Å². The molecule has 3 fully saturated rings. The van der Waals surface area contributed by atoms with Crippen LogP contribution in [0.1, 0.15) is 56.3 Å². The summed E-state index contributed by atoms with van der Waals surface area (Å²) in [4.78, 5) is 16.0. The van der Waals surface area contributed by atoms with Gasteiger partial charge >= 0.3 is 0 Å². The number of hydrogen-bond donors (Lipinski definition) is 1. The van der Waals surface area contributed by atoms with Crippen molar-refractivity contribution in [1.29, 1.82) is 0 Å². The number of amides is 1. The van der Waals surface area contributed by atoms with Crippen LogP contribution in [0.3, 0.4) is 0 Å². The van der Waals surface area contributed by atoms with E-state index in [1.54, 1.807) is 7.11 Å². The summed E-state index contributed by atoms with van der Waals surface area (Å²) < 4.78 is 12.4. The number of aliphatic hydroxyl groups excluding tert-OH is 1. The molecule has 2 saturated carbocycles. The number of rotatable bonds is 9. The van der Waals surface area contributed by atoms with E-state index < -0.39 is 0 Å². The van der Waals surface area contributed by atoms with Crippen molar-refractivity contribution in [3.05, 3.63) is 46.6 Å². The van der Waals surface area contributed by atoms with Gasteiger partial charge in [-0.15, -0.1) is 0 Å². The second kappa shape index (κ2) is 10.3. The molecule has 2 aliphatic carbocycles. The number of benzene rings is 1. The van der Waals surface area contributed by atoms with Crippen molar-refractivity contribution in [3.8, 4) is 17.1 Å². The summed E-state index contributed by atoms with van der Waals surface area (Å²) in [5.41, 5.74) is 2.01. The molecular formula is C27H31NO4S2. The minimum absolute atomic E-state index is 0.0260. The van der Waals surface area contributed by atoms with Crippen LogP contribution in [-0.2, 0) is 11.2 Å². The molecule has 3 aliphatic rings. The zero-order valence-corrected chi connectivity index (χ0v) is 21.1. The Hall–Kier alpha value is -2.09. The van der Waals surface area contributed by atoms with E-state index in [0.717, 1.165) is 66.4 Å². The minimum atomic E-state index is 0.0260.